The second-order valence-corrected chi connectivity index (χ2v) is 8.63. The van der Waals surface area contributed by atoms with Crippen LogP contribution in [0.3, 0.4) is 0 Å². The third-order valence-electron chi connectivity index (χ3n) is 0.625. The first-order chi connectivity index (χ1) is 14.9. The molecule has 33 heteroatoms. The predicted octanol–water partition coefficient (Wildman–Crippen LogP) is -2.03. The van der Waals surface area contributed by atoms with Gasteiger partial charge in [0.1, 0.15) is 0 Å². The third kappa shape index (κ3) is 6470. The standard InChI is InChI=1S/C4H12N2.Cu.6FHO3S/c1-5-3-4-6-2;;6*1-5(2,3)4/h5-6H,3-4H2,1-2H3;;6*(H,2,3,4). The summed E-state index contributed by atoms with van der Waals surface area (Å²) in [5.74, 6) is 0. The average molecular weight is 752 g/mol. The minimum atomic E-state index is -5.17. The van der Waals surface area contributed by atoms with Crippen molar-refractivity contribution in [2.45, 2.75) is 0 Å². The molecular formula is C4H18CuF6N2O18S6. The number of halogens is 6. The van der Waals surface area contributed by atoms with Crippen LogP contribution in [0.15, 0.2) is 0 Å². The monoisotopic (exact) mass is 751 g/mol. The Labute approximate surface area is 218 Å². The Morgan fingerprint density at radius 1 is 0.405 bits per heavy atom. The van der Waals surface area contributed by atoms with Crippen LogP contribution in [-0.2, 0) is 80.1 Å². The predicted molar refractivity (Wildman–Crippen MR) is 104 cm³/mol. The topological polar surface area (TPSA) is 350 Å². The molecule has 0 aromatic rings. The first kappa shape index (κ1) is 56.6. The van der Waals surface area contributed by atoms with E-state index in [1.54, 1.807) is 0 Å². The summed E-state index contributed by atoms with van der Waals surface area (Å²) in [5, 5.41) is 6.01. The summed E-state index contributed by atoms with van der Waals surface area (Å²) in [7, 11) is -27.1. The first-order valence-corrected chi connectivity index (χ1v) is 14.3. The molecule has 20 nitrogen and oxygen atoms in total. The molecule has 0 aromatic heterocycles. The first-order valence-electron chi connectivity index (χ1n) is 6.23. The molecule has 0 saturated heterocycles. The molecule has 0 heterocycles. The molecule has 0 bridgehead atoms. The molecule has 0 atom stereocenters. The molecule has 0 rings (SSSR count). The van der Waals surface area contributed by atoms with Gasteiger partial charge in [0.05, 0.1) is 0 Å². The third-order valence-corrected chi connectivity index (χ3v) is 0.625. The van der Waals surface area contributed by atoms with Crippen LogP contribution in [-0.4, -0.2) is 105 Å². The molecule has 0 aliphatic heterocycles. The van der Waals surface area contributed by atoms with Crippen molar-refractivity contribution in [3.8, 4) is 0 Å². The van der Waals surface area contributed by atoms with Gasteiger partial charge in [-0.2, -0.15) is 50.5 Å². The van der Waals surface area contributed by atoms with E-state index in [2.05, 4.69) is 10.6 Å². The summed E-state index contributed by atoms with van der Waals surface area (Å²) in [6.07, 6.45) is 0. The van der Waals surface area contributed by atoms with Crippen molar-refractivity contribution in [3.63, 3.8) is 0 Å². The maximum atomic E-state index is 10.2. The Bertz CT molecular complexity index is 868. The Morgan fingerprint density at radius 3 is 0.486 bits per heavy atom. The summed E-state index contributed by atoms with van der Waals surface area (Å²) in [4.78, 5) is 0. The molecular weight excluding hydrogens is 734 g/mol. The summed E-state index contributed by atoms with van der Waals surface area (Å²) < 4.78 is 204. The van der Waals surface area contributed by atoms with Crippen LogP contribution in [0.2, 0.25) is 0 Å². The van der Waals surface area contributed by atoms with Crippen molar-refractivity contribution < 1.29 is 118 Å². The molecule has 37 heavy (non-hydrogen) atoms. The molecule has 0 fully saturated rings. The van der Waals surface area contributed by atoms with Gasteiger partial charge in [-0.1, -0.05) is 23.3 Å². The molecule has 0 aliphatic rings. The fourth-order valence-electron chi connectivity index (χ4n) is 0.250. The second kappa shape index (κ2) is 27.1. The SMILES string of the molecule is CNCCNC.O=S(=O)(O)F.O=S(=O)(O)F.O=S(=O)(O)F.O=S(=O)(O)F.O=S(=O)(O)F.O=S(=O)(O)F.[Cu]. The quantitative estimate of drug-likeness (QED) is 0.0507. The number of hydrogen-bond donors (Lipinski definition) is 8. The maximum Gasteiger partial charge on any atom is 0.435 e. The molecule has 8 N–H and O–H groups in total. The molecule has 0 unspecified atom stereocenters. The normalized spacial score (nSPS) is 10.9. The van der Waals surface area contributed by atoms with Gasteiger partial charge in [-0.25, -0.2) is 0 Å². The van der Waals surface area contributed by atoms with Gasteiger partial charge in [0, 0.05) is 30.2 Å². The van der Waals surface area contributed by atoms with E-state index in [4.69, 9.17) is 77.8 Å². The Hall–Kier alpha value is -0.521. The minimum absolute atomic E-state index is 0. The summed E-state index contributed by atoms with van der Waals surface area (Å²) in [6.45, 7) is 2.10. The molecule has 1 radical (unpaired) electrons. The van der Waals surface area contributed by atoms with E-state index in [9.17, 15) is 23.3 Å². The van der Waals surface area contributed by atoms with Gasteiger partial charge >= 0.3 is 63.0 Å². The molecule has 0 aliphatic carbocycles. The van der Waals surface area contributed by atoms with Gasteiger partial charge in [-0.05, 0) is 14.1 Å². The van der Waals surface area contributed by atoms with Gasteiger partial charge in [0.2, 0.25) is 0 Å². The van der Waals surface area contributed by atoms with E-state index < -0.39 is 63.0 Å². The maximum absolute atomic E-state index is 10.2. The van der Waals surface area contributed by atoms with Crippen LogP contribution in [0.4, 0.5) is 23.3 Å². The minimum Gasteiger partial charge on any atom is -0.318 e. The van der Waals surface area contributed by atoms with Gasteiger partial charge in [-0.15, -0.1) is 0 Å². The van der Waals surface area contributed by atoms with Gasteiger partial charge in [0.15, 0.2) is 0 Å². The Balaban J connectivity index is -0.0000000440. The zero-order valence-corrected chi connectivity index (χ0v) is 22.9. The Morgan fingerprint density at radius 2 is 0.459 bits per heavy atom. The van der Waals surface area contributed by atoms with Crippen molar-refractivity contribution in [1.82, 2.24) is 10.6 Å². The van der Waals surface area contributed by atoms with E-state index in [-0.39, 0.29) is 17.1 Å². The van der Waals surface area contributed by atoms with Crippen molar-refractivity contribution in [2.75, 3.05) is 27.2 Å². The molecule has 241 valence electrons. The van der Waals surface area contributed by atoms with Crippen LogP contribution in [0, 0.1) is 0 Å². The summed E-state index contributed by atoms with van der Waals surface area (Å²) in [6, 6.07) is 0. The van der Waals surface area contributed by atoms with E-state index in [1.807, 2.05) is 14.1 Å². The van der Waals surface area contributed by atoms with Crippen LogP contribution in [0.1, 0.15) is 0 Å². The van der Waals surface area contributed by atoms with E-state index in [0.717, 1.165) is 13.1 Å². The fourth-order valence-corrected chi connectivity index (χ4v) is 0.250. The van der Waals surface area contributed by atoms with Crippen molar-refractivity contribution in [3.05, 3.63) is 0 Å². The summed E-state index contributed by atoms with van der Waals surface area (Å²) in [5.41, 5.74) is 0. The van der Waals surface area contributed by atoms with Crippen molar-refractivity contribution in [2.24, 2.45) is 0 Å². The van der Waals surface area contributed by atoms with E-state index >= 15 is 0 Å². The number of hydrogen-bond acceptors (Lipinski definition) is 14. The van der Waals surface area contributed by atoms with E-state index in [1.165, 1.54) is 0 Å². The van der Waals surface area contributed by atoms with Gasteiger partial charge < -0.3 is 10.6 Å². The second-order valence-electron chi connectivity index (χ2n) is 3.68. The average Bonchev–Trinajstić information content (AvgIpc) is 2.33. The van der Waals surface area contributed by atoms with Crippen LogP contribution < -0.4 is 10.6 Å². The van der Waals surface area contributed by atoms with E-state index in [0.29, 0.717) is 0 Å². The van der Waals surface area contributed by atoms with Crippen molar-refractivity contribution in [1.29, 1.82) is 0 Å². The largest absolute Gasteiger partial charge is 0.435 e. The zero-order valence-electron chi connectivity index (χ0n) is 17.0. The molecule has 0 aromatic carbocycles. The molecule has 0 amide bonds. The number of nitrogens with one attached hydrogen (secondary N) is 2. The van der Waals surface area contributed by atoms with Gasteiger partial charge in [-0.3, -0.25) is 27.3 Å². The molecule has 0 spiro atoms. The van der Waals surface area contributed by atoms with Crippen molar-refractivity contribution >= 4 is 63.0 Å². The van der Waals surface area contributed by atoms with Gasteiger partial charge in [0.25, 0.3) is 0 Å². The fraction of sp³-hybridized carbons (Fsp3) is 1.00. The van der Waals surface area contributed by atoms with Crippen LogP contribution in [0.25, 0.3) is 0 Å². The summed E-state index contributed by atoms with van der Waals surface area (Å²) >= 11 is 0. The van der Waals surface area contributed by atoms with Crippen LogP contribution >= 0.6 is 0 Å². The zero-order chi connectivity index (χ0) is 31.8. The van der Waals surface area contributed by atoms with Crippen LogP contribution in [0.5, 0.6) is 0 Å². The Kier molecular flexibility index (Phi) is 41.4. The molecule has 0 saturated carbocycles. The smallest absolute Gasteiger partial charge is 0.318 e. The number of likely N-dealkylation sites (N-methyl/N-ethyl adjacent to an activating group) is 2. The number of rotatable bonds is 3.